The molecule has 3 rings (SSSR count). The van der Waals surface area contributed by atoms with Crippen LogP contribution in [0.25, 0.3) is 0 Å². The quantitative estimate of drug-likeness (QED) is 0.560. The molecule has 5 nitrogen and oxygen atoms in total. The summed E-state index contributed by atoms with van der Waals surface area (Å²) in [5, 5.41) is 6.28. The van der Waals surface area contributed by atoms with Crippen LogP contribution in [0.5, 0.6) is 0 Å². The van der Waals surface area contributed by atoms with Crippen LogP contribution in [0.1, 0.15) is 29.8 Å². The molecule has 29 heavy (non-hydrogen) atoms. The maximum absolute atomic E-state index is 12.4. The van der Waals surface area contributed by atoms with Gasteiger partial charge in [0, 0.05) is 37.2 Å². The van der Waals surface area contributed by atoms with E-state index in [2.05, 4.69) is 58.6 Å². The van der Waals surface area contributed by atoms with Crippen molar-refractivity contribution in [3.05, 3.63) is 84.2 Å². The highest BCUT2D eigenvalue weighted by atomic mass is 16.1. The van der Waals surface area contributed by atoms with E-state index in [1.807, 2.05) is 36.4 Å². The van der Waals surface area contributed by atoms with E-state index in [-0.39, 0.29) is 5.91 Å². The Kier molecular flexibility index (Phi) is 7.22. The minimum absolute atomic E-state index is 0.117. The predicted molar refractivity (Wildman–Crippen MR) is 120 cm³/mol. The van der Waals surface area contributed by atoms with Crippen LogP contribution in [0, 0.1) is 0 Å². The van der Waals surface area contributed by atoms with Gasteiger partial charge in [-0.3, -0.25) is 9.78 Å². The first-order valence-electron chi connectivity index (χ1n) is 10.1. The molecule has 0 aliphatic heterocycles. The first-order valence-corrected chi connectivity index (χ1v) is 10.1. The van der Waals surface area contributed by atoms with Gasteiger partial charge < -0.3 is 15.5 Å². The van der Waals surface area contributed by atoms with Gasteiger partial charge in [-0.15, -0.1) is 0 Å². The number of amides is 1. The summed E-state index contributed by atoms with van der Waals surface area (Å²) in [5.41, 5.74) is 4.70. The van der Waals surface area contributed by atoms with Gasteiger partial charge >= 0.3 is 0 Å². The summed E-state index contributed by atoms with van der Waals surface area (Å²) >= 11 is 0. The van der Waals surface area contributed by atoms with E-state index in [0.717, 1.165) is 30.9 Å². The highest BCUT2D eigenvalue weighted by Gasteiger charge is 2.07. The number of anilines is 3. The van der Waals surface area contributed by atoms with Crippen LogP contribution in [-0.2, 0) is 6.42 Å². The number of pyridine rings is 1. The molecule has 1 heterocycles. The highest BCUT2D eigenvalue weighted by molar-refractivity contribution is 5.94. The molecule has 0 aliphatic rings. The number of benzene rings is 2. The molecule has 0 radical (unpaired) electrons. The average Bonchev–Trinajstić information content (AvgIpc) is 2.76. The molecule has 5 heteroatoms. The van der Waals surface area contributed by atoms with Gasteiger partial charge in [0.15, 0.2) is 0 Å². The summed E-state index contributed by atoms with van der Waals surface area (Å²) in [5.74, 6) is -0.117. The predicted octanol–water partition coefficient (Wildman–Crippen LogP) is 4.64. The summed E-state index contributed by atoms with van der Waals surface area (Å²) in [6.07, 6.45) is 4.11. The zero-order valence-electron chi connectivity index (χ0n) is 17.1. The third-order valence-electron chi connectivity index (χ3n) is 4.83. The molecular formula is C24H28N4O. The summed E-state index contributed by atoms with van der Waals surface area (Å²) in [4.78, 5) is 18.9. The van der Waals surface area contributed by atoms with Crippen LogP contribution in [0.3, 0.4) is 0 Å². The monoisotopic (exact) mass is 388 g/mol. The second kappa shape index (κ2) is 10.3. The van der Waals surface area contributed by atoms with Gasteiger partial charge in [-0.05, 0) is 56.2 Å². The molecule has 0 spiro atoms. The van der Waals surface area contributed by atoms with Gasteiger partial charge in [0.05, 0.1) is 17.4 Å². The van der Waals surface area contributed by atoms with Crippen molar-refractivity contribution in [3.63, 3.8) is 0 Å². The number of aromatic nitrogens is 1. The maximum atomic E-state index is 12.4. The molecule has 0 saturated carbocycles. The lowest BCUT2D eigenvalue weighted by Crippen LogP contribution is -2.25. The first kappa shape index (κ1) is 20.4. The fourth-order valence-corrected chi connectivity index (χ4v) is 3.21. The van der Waals surface area contributed by atoms with E-state index < -0.39 is 0 Å². The molecule has 2 N–H and O–H groups in total. The lowest BCUT2D eigenvalue weighted by Gasteiger charge is -2.21. The van der Waals surface area contributed by atoms with Crippen LogP contribution in [0.15, 0.2) is 73.1 Å². The molecule has 0 bridgehead atoms. The van der Waals surface area contributed by atoms with E-state index in [1.165, 1.54) is 11.3 Å². The minimum Gasteiger partial charge on any atom is -0.372 e. The van der Waals surface area contributed by atoms with Gasteiger partial charge in [-0.1, -0.05) is 30.3 Å². The number of nitrogens with zero attached hydrogens (tertiary/aromatic N) is 2. The fourth-order valence-electron chi connectivity index (χ4n) is 3.21. The minimum atomic E-state index is -0.117. The van der Waals surface area contributed by atoms with Crippen molar-refractivity contribution in [3.8, 4) is 0 Å². The van der Waals surface area contributed by atoms with Crippen molar-refractivity contribution in [2.75, 3.05) is 29.9 Å². The standard InChI is InChI=1S/C24H28N4O/c1-3-28(4-2)23-12-10-21(11-13-23)27-22-16-20(17-25-18-22)24(29)26-15-14-19-8-6-5-7-9-19/h5-13,16-18,27H,3-4,14-15H2,1-2H3,(H,26,29). The first-order chi connectivity index (χ1) is 14.2. The Hall–Kier alpha value is -3.34. The largest absolute Gasteiger partial charge is 0.372 e. The van der Waals surface area contributed by atoms with Gasteiger partial charge in [-0.2, -0.15) is 0 Å². The van der Waals surface area contributed by atoms with E-state index in [0.29, 0.717) is 12.1 Å². The van der Waals surface area contributed by atoms with E-state index in [9.17, 15) is 4.79 Å². The Morgan fingerprint density at radius 3 is 2.34 bits per heavy atom. The van der Waals surface area contributed by atoms with Crippen LogP contribution in [-0.4, -0.2) is 30.5 Å². The van der Waals surface area contributed by atoms with Crippen LogP contribution in [0.4, 0.5) is 17.1 Å². The molecule has 0 atom stereocenters. The summed E-state index contributed by atoms with van der Waals surface area (Å²) in [6.45, 7) is 6.85. The number of hydrogen-bond acceptors (Lipinski definition) is 4. The van der Waals surface area contributed by atoms with Gasteiger partial charge in [-0.25, -0.2) is 0 Å². The Morgan fingerprint density at radius 2 is 1.66 bits per heavy atom. The highest BCUT2D eigenvalue weighted by Crippen LogP contribution is 2.21. The second-order valence-corrected chi connectivity index (χ2v) is 6.80. The number of rotatable bonds is 9. The zero-order chi connectivity index (χ0) is 20.5. The number of carbonyl (C=O) groups is 1. The molecule has 3 aromatic rings. The molecule has 150 valence electrons. The summed E-state index contributed by atoms with van der Waals surface area (Å²) < 4.78 is 0. The Balaban J connectivity index is 1.58. The number of carbonyl (C=O) groups excluding carboxylic acids is 1. The molecular weight excluding hydrogens is 360 g/mol. The Labute approximate surface area is 172 Å². The lowest BCUT2D eigenvalue weighted by atomic mass is 10.1. The average molecular weight is 389 g/mol. The zero-order valence-corrected chi connectivity index (χ0v) is 17.1. The van der Waals surface area contributed by atoms with Gasteiger partial charge in [0.25, 0.3) is 5.91 Å². The van der Waals surface area contributed by atoms with Gasteiger partial charge in [0.2, 0.25) is 0 Å². The molecule has 0 fully saturated rings. The molecule has 2 aromatic carbocycles. The Bertz CT molecular complexity index is 906. The lowest BCUT2D eigenvalue weighted by molar-refractivity contribution is 0.0954. The van der Waals surface area contributed by atoms with Crippen LogP contribution >= 0.6 is 0 Å². The van der Waals surface area contributed by atoms with Gasteiger partial charge in [0.1, 0.15) is 0 Å². The SMILES string of the molecule is CCN(CC)c1ccc(Nc2cncc(C(=O)NCCc3ccccc3)c2)cc1. The van der Waals surface area contributed by atoms with Crippen molar-refractivity contribution in [2.24, 2.45) is 0 Å². The van der Waals surface area contributed by atoms with Crippen molar-refractivity contribution >= 4 is 23.0 Å². The molecule has 1 amide bonds. The maximum Gasteiger partial charge on any atom is 0.252 e. The number of nitrogens with one attached hydrogen (secondary N) is 2. The van der Waals surface area contributed by atoms with Crippen LogP contribution < -0.4 is 15.5 Å². The third-order valence-corrected chi connectivity index (χ3v) is 4.83. The topological polar surface area (TPSA) is 57.3 Å². The van der Waals surface area contributed by atoms with E-state index >= 15 is 0 Å². The normalized spacial score (nSPS) is 10.4. The third kappa shape index (κ3) is 5.82. The van der Waals surface area contributed by atoms with Crippen molar-refractivity contribution in [1.82, 2.24) is 10.3 Å². The Morgan fingerprint density at radius 1 is 0.931 bits per heavy atom. The molecule has 1 aromatic heterocycles. The van der Waals surface area contributed by atoms with Crippen molar-refractivity contribution in [1.29, 1.82) is 0 Å². The molecule has 0 unspecified atom stereocenters. The summed E-state index contributed by atoms with van der Waals surface area (Å²) in [7, 11) is 0. The summed E-state index contributed by atoms with van der Waals surface area (Å²) in [6, 6.07) is 20.2. The van der Waals surface area contributed by atoms with Crippen molar-refractivity contribution < 1.29 is 4.79 Å². The smallest absolute Gasteiger partial charge is 0.252 e. The van der Waals surface area contributed by atoms with Crippen LogP contribution in [0.2, 0.25) is 0 Å². The van der Waals surface area contributed by atoms with Crippen molar-refractivity contribution in [2.45, 2.75) is 20.3 Å². The number of hydrogen-bond donors (Lipinski definition) is 2. The second-order valence-electron chi connectivity index (χ2n) is 6.80. The molecule has 0 saturated heterocycles. The fraction of sp³-hybridized carbons (Fsp3) is 0.250. The van der Waals surface area contributed by atoms with E-state index in [1.54, 1.807) is 12.4 Å². The van der Waals surface area contributed by atoms with E-state index in [4.69, 9.17) is 0 Å². The molecule has 0 aliphatic carbocycles.